The van der Waals surface area contributed by atoms with Crippen molar-refractivity contribution in [2.45, 2.75) is 68.2 Å². The maximum absolute atomic E-state index is 15.3. The summed E-state index contributed by atoms with van der Waals surface area (Å²) in [5.41, 5.74) is -0.546. The molecule has 2 bridgehead atoms. The second kappa shape index (κ2) is 10.1. The van der Waals surface area contributed by atoms with Gasteiger partial charge in [-0.2, -0.15) is 5.26 Å². The van der Waals surface area contributed by atoms with Crippen molar-refractivity contribution >= 4 is 29.3 Å². The van der Waals surface area contributed by atoms with Gasteiger partial charge in [-0.15, -0.1) is 0 Å². The standard InChI is InChI=1S/C30H29ClF2N4O4/c31-17-7-9-21-20-5-1-2-6-22(20)30(41,24(21)13-17)28(40)37-19-8-10-23(29(32,33)14-19)25(37)27(39)36-18(15-34)12-16-4-3-11-35-26(16)38/h1-2,5-7,9,13,16,18-19,23,25,41H,3-4,8,10-12,14H2,(H,35,38)(H,36,39)/t16-,18-,19-,23-,25+,30-/m0/s1. The van der Waals surface area contributed by atoms with E-state index in [1.54, 1.807) is 36.4 Å². The second-order valence-electron chi connectivity index (χ2n) is 11.5. The number of nitrogens with zero attached hydrogens (tertiary/aromatic N) is 2. The Balaban J connectivity index is 1.36. The van der Waals surface area contributed by atoms with E-state index in [9.17, 15) is 24.8 Å². The molecule has 3 saturated heterocycles. The molecule has 214 valence electrons. The number of carbonyl (C=O) groups excluding carboxylic acids is 3. The summed E-state index contributed by atoms with van der Waals surface area (Å²) in [6.07, 6.45) is 0.943. The number of amides is 3. The molecule has 0 aromatic heterocycles. The first-order valence-corrected chi connectivity index (χ1v) is 14.2. The number of hydrogen-bond donors (Lipinski definition) is 3. The monoisotopic (exact) mass is 582 g/mol. The van der Waals surface area contributed by atoms with Crippen LogP contribution in [0.15, 0.2) is 42.5 Å². The highest BCUT2D eigenvalue weighted by molar-refractivity contribution is 6.31. The Bertz CT molecular complexity index is 1480. The minimum atomic E-state index is -3.22. The van der Waals surface area contributed by atoms with Crippen LogP contribution in [0.4, 0.5) is 8.78 Å². The molecule has 0 radical (unpaired) electrons. The maximum atomic E-state index is 15.3. The number of benzene rings is 2. The van der Waals surface area contributed by atoms with Crippen molar-refractivity contribution in [1.82, 2.24) is 15.5 Å². The van der Waals surface area contributed by atoms with Crippen LogP contribution in [0, 0.1) is 23.2 Å². The Morgan fingerprint density at radius 2 is 1.93 bits per heavy atom. The van der Waals surface area contributed by atoms with Gasteiger partial charge in [0.15, 0.2) is 5.60 Å². The molecule has 7 rings (SSSR count). The summed E-state index contributed by atoms with van der Waals surface area (Å²) in [4.78, 5) is 41.6. The Hall–Kier alpha value is -3.55. The van der Waals surface area contributed by atoms with Gasteiger partial charge in [0, 0.05) is 41.1 Å². The van der Waals surface area contributed by atoms with Gasteiger partial charge in [0.2, 0.25) is 11.8 Å². The highest BCUT2D eigenvalue weighted by Crippen LogP contribution is 2.54. The molecule has 2 aromatic rings. The summed E-state index contributed by atoms with van der Waals surface area (Å²) in [6, 6.07) is 9.88. The Morgan fingerprint density at radius 1 is 1.17 bits per heavy atom. The predicted octanol–water partition coefficient (Wildman–Crippen LogP) is 3.50. The van der Waals surface area contributed by atoms with E-state index in [-0.39, 0.29) is 41.3 Å². The van der Waals surface area contributed by atoms with Crippen molar-refractivity contribution in [2.24, 2.45) is 11.8 Å². The minimum Gasteiger partial charge on any atom is -0.372 e. The highest BCUT2D eigenvalue weighted by atomic mass is 35.5. The molecule has 3 heterocycles. The van der Waals surface area contributed by atoms with Gasteiger partial charge in [0.05, 0.1) is 12.0 Å². The van der Waals surface area contributed by atoms with Crippen LogP contribution in [0.3, 0.4) is 0 Å². The molecule has 2 aliphatic carbocycles. The van der Waals surface area contributed by atoms with E-state index in [1.807, 2.05) is 6.07 Å². The number of nitrogens with one attached hydrogen (secondary N) is 2. The average Bonchev–Trinajstić information content (AvgIpc) is 3.21. The van der Waals surface area contributed by atoms with Crippen LogP contribution in [0.2, 0.25) is 5.02 Å². The van der Waals surface area contributed by atoms with E-state index < -0.39 is 59.7 Å². The third-order valence-electron chi connectivity index (χ3n) is 9.12. The minimum absolute atomic E-state index is 0.0131. The van der Waals surface area contributed by atoms with Crippen LogP contribution in [-0.4, -0.2) is 58.3 Å². The molecule has 3 N–H and O–H groups in total. The van der Waals surface area contributed by atoms with Crippen molar-refractivity contribution in [1.29, 1.82) is 5.26 Å². The first-order chi connectivity index (χ1) is 19.6. The Labute approximate surface area is 240 Å². The van der Waals surface area contributed by atoms with Crippen LogP contribution in [0.1, 0.15) is 49.7 Å². The zero-order valence-corrected chi connectivity index (χ0v) is 22.8. The lowest BCUT2D eigenvalue weighted by atomic mass is 9.70. The average molecular weight is 583 g/mol. The zero-order chi connectivity index (χ0) is 29.1. The molecule has 8 nitrogen and oxygen atoms in total. The zero-order valence-electron chi connectivity index (χ0n) is 22.1. The quantitative estimate of drug-likeness (QED) is 0.498. The fourth-order valence-electron chi connectivity index (χ4n) is 7.19. The largest absolute Gasteiger partial charge is 0.372 e. The number of piperidine rings is 3. The van der Waals surface area contributed by atoms with Crippen molar-refractivity contribution in [3.8, 4) is 17.2 Å². The van der Waals surface area contributed by atoms with Gasteiger partial charge >= 0.3 is 0 Å². The van der Waals surface area contributed by atoms with Crippen LogP contribution >= 0.6 is 11.6 Å². The van der Waals surface area contributed by atoms with E-state index in [0.717, 1.165) is 11.3 Å². The predicted molar refractivity (Wildman–Crippen MR) is 144 cm³/mol. The smallest absolute Gasteiger partial charge is 0.264 e. The topological polar surface area (TPSA) is 123 Å². The molecular formula is C30H29ClF2N4O4. The number of aliphatic hydroxyl groups is 1. The van der Waals surface area contributed by atoms with Gasteiger partial charge in [-0.1, -0.05) is 41.9 Å². The lowest BCUT2D eigenvalue weighted by Crippen LogP contribution is -2.70. The summed E-state index contributed by atoms with van der Waals surface area (Å²) < 4.78 is 30.6. The fraction of sp³-hybridized carbons (Fsp3) is 0.467. The molecule has 0 spiro atoms. The first-order valence-electron chi connectivity index (χ1n) is 13.9. The van der Waals surface area contributed by atoms with Crippen LogP contribution in [-0.2, 0) is 20.0 Å². The lowest BCUT2D eigenvalue weighted by Gasteiger charge is -2.54. The van der Waals surface area contributed by atoms with Crippen molar-refractivity contribution in [2.75, 3.05) is 6.54 Å². The molecule has 3 amide bonds. The molecular weight excluding hydrogens is 554 g/mol. The number of fused-ring (bicyclic) bond motifs is 6. The van der Waals surface area contributed by atoms with E-state index in [1.165, 1.54) is 6.07 Å². The van der Waals surface area contributed by atoms with Crippen LogP contribution in [0.25, 0.3) is 11.1 Å². The number of carbonyl (C=O) groups is 3. The van der Waals surface area contributed by atoms with Crippen LogP contribution < -0.4 is 10.6 Å². The summed E-state index contributed by atoms with van der Waals surface area (Å²) in [5, 5.41) is 27.6. The van der Waals surface area contributed by atoms with Gasteiger partial charge in [-0.25, -0.2) is 8.78 Å². The summed E-state index contributed by atoms with van der Waals surface area (Å²) in [5.74, 6) is -7.19. The van der Waals surface area contributed by atoms with E-state index in [2.05, 4.69) is 10.6 Å². The maximum Gasteiger partial charge on any atom is 0.264 e. The summed E-state index contributed by atoms with van der Waals surface area (Å²) >= 11 is 6.27. The molecule has 2 aromatic carbocycles. The fourth-order valence-corrected chi connectivity index (χ4v) is 7.36. The summed E-state index contributed by atoms with van der Waals surface area (Å²) in [6.45, 7) is 0.538. The number of rotatable bonds is 5. The molecule has 0 unspecified atom stereocenters. The molecule has 1 saturated carbocycles. The highest BCUT2D eigenvalue weighted by Gasteiger charge is 2.63. The van der Waals surface area contributed by atoms with Crippen molar-refractivity contribution < 1.29 is 28.3 Å². The second-order valence-corrected chi connectivity index (χ2v) is 11.9. The Morgan fingerprint density at radius 3 is 2.66 bits per heavy atom. The molecule has 3 aliphatic heterocycles. The third-order valence-corrected chi connectivity index (χ3v) is 9.35. The van der Waals surface area contributed by atoms with E-state index >= 15 is 8.78 Å². The van der Waals surface area contributed by atoms with Gasteiger partial charge in [0.1, 0.15) is 12.1 Å². The van der Waals surface area contributed by atoms with E-state index in [4.69, 9.17) is 11.6 Å². The normalized spacial score (nSPS) is 30.0. The van der Waals surface area contributed by atoms with Crippen molar-refractivity contribution in [3.05, 3.63) is 58.6 Å². The van der Waals surface area contributed by atoms with Gasteiger partial charge in [-0.05, 0) is 55.4 Å². The van der Waals surface area contributed by atoms with Gasteiger partial charge in [-0.3, -0.25) is 14.4 Å². The molecule has 6 atom stereocenters. The molecule has 5 aliphatic rings. The summed E-state index contributed by atoms with van der Waals surface area (Å²) in [7, 11) is 0. The number of hydrogen-bond acceptors (Lipinski definition) is 5. The molecule has 11 heteroatoms. The number of halogens is 3. The first kappa shape index (κ1) is 27.6. The Kier molecular flexibility index (Phi) is 6.78. The molecule has 4 fully saturated rings. The molecule has 41 heavy (non-hydrogen) atoms. The van der Waals surface area contributed by atoms with Gasteiger partial charge < -0.3 is 20.6 Å². The number of nitriles is 1. The van der Waals surface area contributed by atoms with Crippen molar-refractivity contribution in [3.63, 3.8) is 0 Å². The lowest BCUT2D eigenvalue weighted by molar-refractivity contribution is -0.201. The SMILES string of the molecule is N#C[C@H](C[C@@H]1CCCNC1=O)NC(=O)[C@H]1[C@@H]2CC[C@@H](CC2(F)F)N1C(=O)[C@]1(O)c2ccccc2-c2ccc(Cl)cc21. The van der Waals surface area contributed by atoms with Crippen LogP contribution in [0.5, 0.6) is 0 Å². The number of alkyl halides is 2. The van der Waals surface area contributed by atoms with Gasteiger partial charge in [0.25, 0.3) is 11.8 Å². The van der Waals surface area contributed by atoms with E-state index in [0.29, 0.717) is 24.1 Å². The third kappa shape index (κ3) is 4.37.